The fourth-order valence-corrected chi connectivity index (χ4v) is 3.59. The number of nitrogens with zero attached hydrogens (tertiary/aromatic N) is 1. The summed E-state index contributed by atoms with van der Waals surface area (Å²) >= 11 is 0. The van der Waals surface area contributed by atoms with Gasteiger partial charge in [0.1, 0.15) is 11.5 Å². The molecular formula is C24H24N2O3. The number of rotatable bonds is 6. The van der Waals surface area contributed by atoms with E-state index in [1.54, 1.807) is 20.3 Å². The number of ether oxygens (including phenoxy) is 2. The lowest BCUT2D eigenvalue weighted by molar-refractivity contribution is 0.0951. The van der Waals surface area contributed by atoms with E-state index in [1.165, 1.54) is 11.1 Å². The number of nitrogens with one attached hydrogen (secondary N) is 1. The van der Waals surface area contributed by atoms with Crippen molar-refractivity contribution in [2.24, 2.45) is 0 Å². The van der Waals surface area contributed by atoms with Crippen molar-refractivity contribution < 1.29 is 14.3 Å². The molecule has 0 atom stereocenters. The molecule has 0 aliphatic carbocycles. The molecule has 1 aliphatic heterocycles. The van der Waals surface area contributed by atoms with Gasteiger partial charge in [-0.15, -0.1) is 0 Å². The monoisotopic (exact) mass is 388 g/mol. The third-order valence-corrected chi connectivity index (χ3v) is 5.20. The number of hydrogen-bond donors (Lipinski definition) is 1. The zero-order chi connectivity index (χ0) is 20.2. The summed E-state index contributed by atoms with van der Waals surface area (Å²) < 4.78 is 10.6. The van der Waals surface area contributed by atoms with Crippen LogP contribution in [0.1, 0.15) is 27.0 Å². The predicted octanol–water partition coefficient (Wildman–Crippen LogP) is 4.15. The van der Waals surface area contributed by atoms with E-state index < -0.39 is 0 Å². The average molecular weight is 388 g/mol. The van der Waals surface area contributed by atoms with Gasteiger partial charge in [0.15, 0.2) is 0 Å². The molecule has 148 valence electrons. The van der Waals surface area contributed by atoms with E-state index >= 15 is 0 Å². The molecule has 4 rings (SSSR count). The van der Waals surface area contributed by atoms with Gasteiger partial charge < -0.3 is 19.7 Å². The van der Waals surface area contributed by atoms with Crippen LogP contribution >= 0.6 is 0 Å². The minimum absolute atomic E-state index is 0.108. The van der Waals surface area contributed by atoms with Crippen LogP contribution in [0.15, 0.2) is 66.7 Å². The van der Waals surface area contributed by atoms with Crippen molar-refractivity contribution in [3.05, 3.63) is 89.0 Å². The molecular weight excluding hydrogens is 364 g/mol. The van der Waals surface area contributed by atoms with Crippen LogP contribution < -0.4 is 19.7 Å². The van der Waals surface area contributed by atoms with Gasteiger partial charge in [0.25, 0.3) is 5.91 Å². The summed E-state index contributed by atoms with van der Waals surface area (Å²) in [7, 11) is 3.22. The lowest BCUT2D eigenvalue weighted by Crippen LogP contribution is -2.23. The number of benzene rings is 3. The first-order chi connectivity index (χ1) is 14.2. The number of carbonyl (C=O) groups is 1. The number of methoxy groups -OCH3 is 2. The highest BCUT2D eigenvalue weighted by Gasteiger charge is 2.18. The topological polar surface area (TPSA) is 50.8 Å². The molecule has 1 amide bonds. The van der Waals surface area contributed by atoms with Crippen molar-refractivity contribution >= 4 is 11.6 Å². The summed E-state index contributed by atoms with van der Waals surface area (Å²) in [5.74, 6) is 1.29. The van der Waals surface area contributed by atoms with Gasteiger partial charge in [-0.25, -0.2) is 0 Å². The Morgan fingerprint density at radius 2 is 1.48 bits per heavy atom. The zero-order valence-corrected chi connectivity index (χ0v) is 16.6. The summed E-state index contributed by atoms with van der Waals surface area (Å²) in [5.41, 5.74) is 5.41. The number of carbonyl (C=O) groups excluding carboxylic acids is 1. The second-order valence-corrected chi connectivity index (χ2v) is 7.08. The third kappa shape index (κ3) is 4.19. The maximum atomic E-state index is 12.6. The summed E-state index contributed by atoms with van der Waals surface area (Å²) in [4.78, 5) is 14.9. The first-order valence-electron chi connectivity index (χ1n) is 9.58. The van der Waals surface area contributed by atoms with Crippen molar-refractivity contribution in [2.45, 2.75) is 19.6 Å². The molecule has 0 saturated heterocycles. The Morgan fingerprint density at radius 1 is 0.897 bits per heavy atom. The van der Waals surface area contributed by atoms with Gasteiger partial charge in [0.05, 0.1) is 14.2 Å². The minimum Gasteiger partial charge on any atom is -0.497 e. The van der Waals surface area contributed by atoms with E-state index in [4.69, 9.17) is 9.47 Å². The summed E-state index contributed by atoms with van der Waals surface area (Å²) in [5, 5.41) is 2.96. The Bertz CT molecular complexity index is 968. The van der Waals surface area contributed by atoms with Crippen LogP contribution in [0, 0.1) is 0 Å². The Labute approximate surface area is 170 Å². The van der Waals surface area contributed by atoms with E-state index in [1.807, 2.05) is 36.4 Å². The van der Waals surface area contributed by atoms with Crippen molar-refractivity contribution in [2.75, 3.05) is 19.1 Å². The number of anilines is 1. The SMILES string of the molecule is COc1cc(CNC(=O)c2ccc(N3Cc4ccccc4C3)cc2)cc(OC)c1. The molecule has 29 heavy (non-hydrogen) atoms. The molecule has 0 spiro atoms. The number of fused-ring (bicyclic) bond motifs is 1. The van der Waals surface area contributed by atoms with Crippen LogP contribution in [0.25, 0.3) is 0 Å². The van der Waals surface area contributed by atoms with Crippen LogP contribution in [0.5, 0.6) is 11.5 Å². The average Bonchev–Trinajstić information content (AvgIpc) is 3.21. The summed E-state index contributed by atoms with van der Waals surface area (Å²) in [6, 6.07) is 21.8. The van der Waals surface area contributed by atoms with E-state index in [2.05, 4.69) is 34.5 Å². The third-order valence-electron chi connectivity index (χ3n) is 5.20. The number of amides is 1. The van der Waals surface area contributed by atoms with Crippen molar-refractivity contribution in [1.29, 1.82) is 0 Å². The molecule has 3 aromatic carbocycles. The van der Waals surface area contributed by atoms with Crippen molar-refractivity contribution in [3.8, 4) is 11.5 Å². The van der Waals surface area contributed by atoms with Gasteiger partial charge in [-0.2, -0.15) is 0 Å². The fraction of sp³-hybridized carbons (Fsp3) is 0.208. The van der Waals surface area contributed by atoms with Gasteiger partial charge in [0, 0.05) is 37.0 Å². The van der Waals surface area contributed by atoms with Crippen LogP contribution in [0.3, 0.4) is 0 Å². The summed E-state index contributed by atoms with van der Waals surface area (Å²) in [6.07, 6.45) is 0. The van der Waals surface area contributed by atoms with Crippen LogP contribution in [-0.2, 0) is 19.6 Å². The van der Waals surface area contributed by atoms with Crippen molar-refractivity contribution in [3.63, 3.8) is 0 Å². The fourth-order valence-electron chi connectivity index (χ4n) is 3.59. The molecule has 0 saturated carbocycles. The Balaban J connectivity index is 1.39. The molecule has 3 aromatic rings. The van der Waals surface area contributed by atoms with E-state index in [0.717, 1.165) is 24.3 Å². The smallest absolute Gasteiger partial charge is 0.251 e. The molecule has 1 aliphatic rings. The first-order valence-corrected chi connectivity index (χ1v) is 9.58. The van der Waals surface area contributed by atoms with E-state index in [0.29, 0.717) is 23.6 Å². The second-order valence-electron chi connectivity index (χ2n) is 7.08. The van der Waals surface area contributed by atoms with Crippen molar-refractivity contribution in [1.82, 2.24) is 5.32 Å². The molecule has 0 aromatic heterocycles. The second kappa shape index (κ2) is 8.27. The maximum absolute atomic E-state index is 12.6. The molecule has 5 nitrogen and oxygen atoms in total. The normalized spacial score (nSPS) is 12.4. The molecule has 5 heteroatoms. The standard InChI is InChI=1S/C24H24N2O3/c1-28-22-11-17(12-23(13-22)29-2)14-25-24(27)18-7-9-21(10-8-18)26-15-19-5-3-4-6-20(19)16-26/h3-13H,14-16H2,1-2H3,(H,25,27). The quantitative estimate of drug-likeness (QED) is 0.689. The van der Waals surface area contributed by atoms with E-state index in [-0.39, 0.29) is 5.91 Å². The Kier molecular flexibility index (Phi) is 5.38. The highest BCUT2D eigenvalue weighted by molar-refractivity contribution is 5.94. The Hall–Kier alpha value is -3.47. The van der Waals surface area contributed by atoms with Crippen LogP contribution in [0.2, 0.25) is 0 Å². The van der Waals surface area contributed by atoms with Crippen LogP contribution in [-0.4, -0.2) is 20.1 Å². The molecule has 0 radical (unpaired) electrons. The number of hydrogen-bond acceptors (Lipinski definition) is 4. The van der Waals surface area contributed by atoms with Gasteiger partial charge >= 0.3 is 0 Å². The first kappa shape index (κ1) is 18.9. The molecule has 0 unspecified atom stereocenters. The Morgan fingerprint density at radius 3 is 2.03 bits per heavy atom. The van der Waals surface area contributed by atoms with Gasteiger partial charge in [-0.1, -0.05) is 24.3 Å². The lowest BCUT2D eigenvalue weighted by atomic mass is 10.1. The molecule has 0 bridgehead atoms. The van der Waals surface area contributed by atoms with Gasteiger partial charge in [-0.3, -0.25) is 4.79 Å². The van der Waals surface area contributed by atoms with E-state index in [9.17, 15) is 4.79 Å². The van der Waals surface area contributed by atoms with Gasteiger partial charge in [0.2, 0.25) is 0 Å². The molecule has 1 heterocycles. The largest absolute Gasteiger partial charge is 0.497 e. The molecule has 1 N–H and O–H groups in total. The highest BCUT2D eigenvalue weighted by Crippen LogP contribution is 2.28. The lowest BCUT2D eigenvalue weighted by Gasteiger charge is -2.18. The molecule has 0 fully saturated rings. The predicted molar refractivity (Wildman–Crippen MR) is 113 cm³/mol. The van der Waals surface area contributed by atoms with Gasteiger partial charge in [-0.05, 0) is 53.1 Å². The minimum atomic E-state index is -0.108. The zero-order valence-electron chi connectivity index (χ0n) is 16.6. The summed E-state index contributed by atoms with van der Waals surface area (Å²) in [6.45, 7) is 2.20. The highest BCUT2D eigenvalue weighted by atomic mass is 16.5. The maximum Gasteiger partial charge on any atom is 0.251 e. The van der Waals surface area contributed by atoms with Crippen LogP contribution in [0.4, 0.5) is 5.69 Å².